The SMILES string of the molecule is Cc1cc(OC2CC3(COC3)C2)cc(C(=O)Cc2ccccn2)n1. The molecule has 0 bridgehead atoms. The Morgan fingerprint density at radius 3 is 2.83 bits per heavy atom. The molecule has 1 aliphatic heterocycles. The maximum absolute atomic E-state index is 12.5. The molecule has 1 spiro atoms. The van der Waals surface area contributed by atoms with Gasteiger partial charge in [0.15, 0.2) is 5.78 Å². The zero-order chi connectivity index (χ0) is 16.6. The highest BCUT2D eigenvalue weighted by molar-refractivity contribution is 5.95. The number of ether oxygens (including phenoxy) is 2. The first-order chi connectivity index (χ1) is 11.6. The van der Waals surface area contributed by atoms with Crippen LogP contribution in [0, 0.1) is 12.3 Å². The molecule has 1 saturated carbocycles. The molecule has 3 heterocycles. The summed E-state index contributed by atoms with van der Waals surface area (Å²) in [6.45, 7) is 3.60. The van der Waals surface area contributed by atoms with Crippen LogP contribution in [-0.4, -0.2) is 35.1 Å². The fourth-order valence-corrected chi connectivity index (χ4v) is 3.41. The third kappa shape index (κ3) is 3.04. The van der Waals surface area contributed by atoms with Crippen LogP contribution >= 0.6 is 0 Å². The topological polar surface area (TPSA) is 61.3 Å². The van der Waals surface area contributed by atoms with Gasteiger partial charge in [-0.15, -0.1) is 0 Å². The molecular formula is C19H20N2O3. The van der Waals surface area contributed by atoms with E-state index < -0.39 is 0 Å². The van der Waals surface area contributed by atoms with Crippen molar-refractivity contribution in [1.82, 2.24) is 9.97 Å². The predicted molar refractivity (Wildman–Crippen MR) is 88.1 cm³/mol. The molecule has 0 radical (unpaired) electrons. The number of hydrogen-bond acceptors (Lipinski definition) is 5. The van der Waals surface area contributed by atoms with Crippen LogP contribution in [0.2, 0.25) is 0 Å². The van der Waals surface area contributed by atoms with E-state index in [0.717, 1.165) is 43.2 Å². The van der Waals surface area contributed by atoms with Gasteiger partial charge in [-0.3, -0.25) is 9.78 Å². The smallest absolute Gasteiger partial charge is 0.187 e. The zero-order valence-corrected chi connectivity index (χ0v) is 13.7. The number of rotatable bonds is 5. The molecule has 0 aromatic carbocycles. The molecule has 4 rings (SSSR count). The summed E-state index contributed by atoms with van der Waals surface area (Å²) in [6, 6.07) is 9.20. The molecule has 2 fully saturated rings. The van der Waals surface area contributed by atoms with E-state index in [-0.39, 0.29) is 18.3 Å². The van der Waals surface area contributed by atoms with E-state index in [9.17, 15) is 4.79 Å². The van der Waals surface area contributed by atoms with E-state index in [4.69, 9.17) is 9.47 Å². The first kappa shape index (κ1) is 15.3. The Hall–Kier alpha value is -2.27. The number of carbonyl (C=O) groups excluding carboxylic acids is 1. The molecular weight excluding hydrogens is 304 g/mol. The van der Waals surface area contributed by atoms with Crippen molar-refractivity contribution in [3.8, 4) is 5.75 Å². The fourth-order valence-electron chi connectivity index (χ4n) is 3.41. The van der Waals surface area contributed by atoms with Gasteiger partial charge in [-0.05, 0) is 31.9 Å². The number of Topliss-reactive ketones (excluding diaryl/α,β-unsaturated/α-hetero) is 1. The monoisotopic (exact) mass is 324 g/mol. The molecule has 0 N–H and O–H groups in total. The van der Waals surface area contributed by atoms with Gasteiger partial charge in [0.25, 0.3) is 0 Å². The quantitative estimate of drug-likeness (QED) is 0.792. The van der Waals surface area contributed by atoms with Crippen LogP contribution in [0.1, 0.15) is 34.7 Å². The largest absolute Gasteiger partial charge is 0.490 e. The zero-order valence-electron chi connectivity index (χ0n) is 13.7. The highest BCUT2D eigenvalue weighted by Gasteiger charge is 2.51. The summed E-state index contributed by atoms with van der Waals surface area (Å²) in [5, 5.41) is 0. The maximum Gasteiger partial charge on any atom is 0.187 e. The number of aromatic nitrogens is 2. The Balaban J connectivity index is 1.44. The van der Waals surface area contributed by atoms with Gasteiger partial charge < -0.3 is 9.47 Å². The van der Waals surface area contributed by atoms with Gasteiger partial charge in [0.2, 0.25) is 0 Å². The standard InChI is InChI=1S/C19H20N2O3/c1-13-6-15(24-16-9-19(10-16)11-23-12-19)8-17(21-13)18(22)7-14-4-2-3-5-20-14/h2-6,8,16H,7,9-12H2,1H3. The Kier molecular flexibility index (Phi) is 3.81. The number of aryl methyl sites for hydroxylation is 1. The summed E-state index contributed by atoms with van der Waals surface area (Å²) in [5.74, 6) is 0.687. The van der Waals surface area contributed by atoms with Crippen molar-refractivity contribution in [1.29, 1.82) is 0 Å². The molecule has 5 nitrogen and oxygen atoms in total. The van der Waals surface area contributed by atoms with Crippen molar-refractivity contribution in [3.63, 3.8) is 0 Å². The number of pyridine rings is 2. The second-order valence-corrected chi connectivity index (χ2v) is 6.89. The van der Waals surface area contributed by atoms with E-state index in [1.54, 1.807) is 12.3 Å². The second kappa shape index (κ2) is 5.98. The summed E-state index contributed by atoms with van der Waals surface area (Å²) in [5.41, 5.74) is 2.35. The molecule has 1 saturated heterocycles. The van der Waals surface area contributed by atoms with Crippen LogP contribution in [0.5, 0.6) is 5.75 Å². The summed E-state index contributed by atoms with van der Waals surface area (Å²) < 4.78 is 11.3. The summed E-state index contributed by atoms with van der Waals surface area (Å²) >= 11 is 0. The minimum atomic E-state index is -0.0419. The Morgan fingerprint density at radius 2 is 2.17 bits per heavy atom. The van der Waals surface area contributed by atoms with Gasteiger partial charge in [0.05, 0.1) is 19.6 Å². The van der Waals surface area contributed by atoms with Gasteiger partial charge in [0, 0.05) is 35.1 Å². The van der Waals surface area contributed by atoms with Gasteiger partial charge >= 0.3 is 0 Å². The van der Waals surface area contributed by atoms with Gasteiger partial charge in [-0.1, -0.05) is 6.07 Å². The summed E-state index contributed by atoms with van der Waals surface area (Å²) in [4.78, 5) is 21.0. The van der Waals surface area contributed by atoms with Gasteiger partial charge in [0.1, 0.15) is 17.5 Å². The van der Waals surface area contributed by atoms with Crippen LogP contribution in [-0.2, 0) is 11.2 Å². The van der Waals surface area contributed by atoms with E-state index >= 15 is 0 Å². The van der Waals surface area contributed by atoms with Crippen LogP contribution in [0.3, 0.4) is 0 Å². The average molecular weight is 324 g/mol. The molecule has 0 unspecified atom stereocenters. The molecule has 2 aromatic rings. The average Bonchev–Trinajstić information content (AvgIpc) is 2.49. The first-order valence-corrected chi connectivity index (χ1v) is 8.28. The van der Waals surface area contributed by atoms with Crippen LogP contribution < -0.4 is 4.74 Å². The van der Waals surface area contributed by atoms with Crippen LogP contribution in [0.15, 0.2) is 36.5 Å². The highest BCUT2D eigenvalue weighted by atomic mass is 16.5. The second-order valence-electron chi connectivity index (χ2n) is 6.89. The molecule has 5 heteroatoms. The normalized spacial score (nSPS) is 18.7. The van der Waals surface area contributed by atoms with Crippen LogP contribution in [0.25, 0.3) is 0 Å². The van der Waals surface area contributed by atoms with Crippen molar-refractivity contribution >= 4 is 5.78 Å². The molecule has 2 aromatic heterocycles. The first-order valence-electron chi connectivity index (χ1n) is 8.28. The Bertz CT molecular complexity index is 748. The summed E-state index contributed by atoms with van der Waals surface area (Å²) in [6.07, 6.45) is 4.23. The Morgan fingerprint density at radius 1 is 1.33 bits per heavy atom. The van der Waals surface area contributed by atoms with Crippen molar-refractivity contribution < 1.29 is 14.3 Å². The predicted octanol–water partition coefficient (Wildman–Crippen LogP) is 2.77. The molecule has 1 aliphatic carbocycles. The van der Waals surface area contributed by atoms with E-state index in [2.05, 4.69) is 9.97 Å². The number of ketones is 1. The number of carbonyl (C=O) groups is 1. The molecule has 0 amide bonds. The fraction of sp³-hybridized carbons (Fsp3) is 0.421. The third-order valence-corrected chi connectivity index (χ3v) is 4.72. The number of nitrogens with zero attached hydrogens (tertiary/aromatic N) is 2. The molecule has 124 valence electrons. The summed E-state index contributed by atoms with van der Waals surface area (Å²) in [7, 11) is 0. The minimum Gasteiger partial charge on any atom is -0.490 e. The molecule has 0 atom stereocenters. The van der Waals surface area contributed by atoms with E-state index in [1.165, 1.54) is 0 Å². The Labute approximate surface area is 141 Å². The minimum absolute atomic E-state index is 0.0419. The van der Waals surface area contributed by atoms with Gasteiger partial charge in [-0.25, -0.2) is 4.98 Å². The lowest BCUT2D eigenvalue weighted by Crippen LogP contribution is -2.56. The lowest BCUT2D eigenvalue weighted by atomic mass is 9.65. The van der Waals surface area contributed by atoms with E-state index in [0.29, 0.717) is 11.1 Å². The maximum atomic E-state index is 12.5. The lowest BCUT2D eigenvalue weighted by Gasteiger charge is -2.52. The van der Waals surface area contributed by atoms with Crippen molar-refractivity contribution in [2.75, 3.05) is 13.2 Å². The van der Waals surface area contributed by atoms with Gasteiger partial charge in [-0.2, -0.15) is 0 Å². The van der Waals surface area contributed by atoms with Crippen molar-refractivity contribution in [2.24, 2.45) is 5.41 Å². The lowest BCUT2D eigenvalue weighted by molar-refractivity contribution is -0.191. The van der Waals surface area contributed by atoms with E-state index in [1.807, 2.05) is 31.2 Å². The van der Waals surface area contributed by atoms with Crippen molar-refractivity contribution in [2.45, 2.75) is 32.3 Å². The number of hydrogen-bond donors (Lipinski definition) is 0. The van der Waals surface area contributed by atoms with Crippen molar-refractivity contribution in [3.05, 3.63) is 53.6 Å². The highest BCUT2D eigenvalue weighted by Crippen LogP contribution is 2.48. The molecule has 24 heavy (non-hydrogen) atoms. The third-order valence-electron chi connectivity index (χ3n) is 4.72. The van der Waals surface area contributed by atoms with Crippen LogP contribution in [0.4, 0.5) is 0 Å². The molecule has 2 aliphatic rings.